The highest BCUT2D eigenvalue weighted by Gasteiger charge is 2.21. The van der Waals surface area contributed by atoms with E-state index < -0.39 is 6.10 Å². The van der Waals surface area contributed by atoms with Crippen molar-refractivity contribution >= 4 is 0 Å². The highest BCUT2D eigenvalue weighted by Crippen LogP contribution is 2.29. The van der Waals surface area contributed by atoms with Crippen molar-refractivity contribution in [1.82, 2.24) is 9.80 Å². The number of aliphatic hydroxyl groups excluding tert-OH is 1. The van der Waals surface area contributed by atoms with Crippen LogP contribution in [0.25, 0.3) is 0 Å². The smallest absolute Gasteiger partial charge is 0.161 e. The summed E-state index contributed by atoms with van der Waals surface area (Å²) >= 11 is 0. The average Bonchev–Trinajstić information content (AvgIpc) is 2.83. The summed E-state index contributed by atoms with van der Waals surface area (Å²) in [5, 5.41) is 10.5. The topological polar surface area (TPSA) is 54.4 Å². The molecular weight excluding hydrogens is 404 g/mol. The van der Waals surface area contributed by atoms with Crippen LogP contribution in [-0.2, 0) is 11.3 Å². The molecule has 3 rings (SSSR count). The molecule has 1 heterocycles. The lowest BCUT2D eigenvalue weighted by Crippen LogP contribution is -2.40. The molecule has 0 radical (unpaired) electrons. The Morgan fingerprint density at radius 2 is 1.81 bits per heavy atom. The summed E-state index contributed by atoms with van der Waals surface area (Å²) in [6.45, 7) is 4.72. The normalized spacial score (nSPS) is 19.4. The zero-order valence-electron chi connectivity index (χ0n) is 20.4. The van der Waals surface area contributed by atoms with Gasteiger partial charge in [0.15, 0.2) is 11.5 Å². The molecule has 6 heteroatoms. The molecular formula is C26H44N2O4. The van der Waals surface area contributed by atoms with Gasteiger partial charge in [0.2, 0.25) is 0 Å². The van der Waals surface area contributed by atoms with Gasteiger partial charge >= 0.3 is 0 Å². The molecule has 1 saturated heterocycles. The first-order valence-corrected chi connectivity index (χ1v) is 12.5. The first-order chi connectivity index (χ1) is 15.5. The zero-order valence-corrected chi connectivity index (χ0v) is 20.4. The van der Waals surface area contributed by atoms with E-state index in [1.165, 1.54) is 56.9 Å². The first kappa shape index (κ1) is 25.3. The van der Waals surface area contributed by atoms with Crippen LogP contribution in [0.3, 0.4) is 0 Å². The summed E-state index contributed by atoms with van der Waals surface area (Å²) in [6.07, 6.45) is 9.52. The fourth-order valence-electron chi connectivity index (χ4n) is 5.00. The van der Waals surface area contributed by atoms with E-state index in [0.717, 1.165) is 38.0 Å². The fourth-order valence-corrected chi connectivity index (χ4v) is 5.00. The van der Waals surface area contributed by atoms with Crippen LogP contribution in [0.15, 0.2) is 18.2 Å². The van der Waals surface area contributed by atoms with Crippen LogP contribution in [0.2, 0.25) is 0 Å². The minimum Gasteiger partial charge on any atom is -0.493 e. The number of rotatable bonds is 12. The van der Waals surface area contributed by atoms with Gasteiger partial charge in [-0.1, -0.05) is 25.3 Å². The number of ether oxygens (including phenoxy) is 3. The lowest BCUT2D eigenvalue weighted by atomic mass is 9.94. The molecule has 1 atom stereocenters. The lowest BCUT2D eigenvalue weighted by Gasteiger charge is -2.32. The fraction of sp³-hybridized carbons (Fsp3) is 0.769. The van der Waals surface area contributed by atoms with E-state index in [4.69, 9.17) is 14.2 Å². The highest BCUT2D eigenvalue weighted by atomic mass is 16.5. The Morgan fingerprint density at radius 3 is 2.53 bits per heavy atom. The quantitative estimate of drug-likeness (QED) is 0.523. The number of methoxy groups -OCH3 is 1. The zero-order chi connectivity index (χ0) is 22.8. The second-order valence-electron chi connectivity index (χ2n) is 9.76. The van der Waals surface area contributed by atoms with Crippen LogP contribution in [0.1, 0.15) is 56.9 Å². The minimum atomic E-state index is -0.511. The number of likely N-dealkylation sites (N-methyl/N-ethyl adjacent to an activating group) is 1. The second-order valence-corrected chi connectivity index (χ2v) is 9.76. The molecule has 2 fully saturated rings. The van der Waals surface area contributed by atoms with Gasteiger partial charge in [-0.05, 0) is 76.4 Å². The van der Waals surface area contributed by atoms with Crippen molar-refractivity contribution in [3.05, 3.63) is 23.8 Å². The first-order valence-electron chi connectivity index (χ1n) is 12.5. The van der Waals surface area contributed by atoms with E-state index in [1.54, 1.807) is 7.11 Å². The van der Waals surface area contributed by atoms with Gasteiger partial charge < -0.3 is 29.1 Å². The van der Waals surface area contributed by atoms with Crippen molar-refractivity contribution in [2.24, 2.45) is 5.92 Å². The Kier molecular flexibility index (Phi) is 10.6. The highest BCUT2D eigenvalue weighted by molar-refractivity contribution is 5.43. The number of nitrogens with zero attached hydrogens (tertiary/aromatic N) is 2. The third kappa shape index (κ3) is 8.22. The Labute approximate surface area is 194 Å². The van der Waals surface area contributed by atoms with Gasteiger partial charge in [-0.25, -0.2) is 0 Å². The van der Waals surface area contributed by atoms with Crippen LogP contribution in [0.5, 0.6) is 11.5 Å². The number of aliphatic hydroxyl groups is 1. The van der Waals surface area contributed by atoms with Crippen molar-refractivity contribution in [3.63, 3.8) is 0 Å². The van der Waals surface area contributed by atoms with Crippen molar-refractivity contribution in [2.45, 2.75) is 70.1 Å². The maximum atomic E-state index is 10.5. The van der Waals surface area contributed by atoms with E-state index in [-0.39, 0.29) is 6.61 Å². The summed E-state index contributed by atoms with van der Waals surface area (Å²) in [4.78, 5) is 4.67. The molecule has 6 nitrogen and oxygen atoms in total. The van der Waals surface area contributed by atoms with Gasteiger partial charge in [-0.15, -0.1) is 0 Å². The van der Waals surface area contributed by atoms with Gasteiger partial charge in [-0.3, -0.25) is 0 Å². The summed E-state index contributed by atoms with van der Waals surface area (Å²) < 4.78 is 17.0. The molecule has 1 N–H and O–H groups in total. The van der Waals surface area contributed by atoms with Gasteiger partial charge in [0, 0.05) is 32.3 Å². The summed E-state index contributed by atoms with van der Waals surface area (Å²) in [7, 11) is 5.97. The molecule has 0 bridgehead atoms. The molecule has 1 aromatic carbocycles. The summed E-state index contributed by atoms with van der Waals surface area (Å²) in [5.74, 6) is 2.22. The van der Waals surface area contributed by atoms with Gasteiger partial charge in [0.1, 0.15) is 12.7 Å². The van der Waals surface area contributed by atoms with E-state index in [1.807, 2.05) is 6.07 Å². The van der Waals surface area contributed by atoms with Crippen molar-refractivity contribution in [2.75, 3.05) is 54.1 Å². The van der Waals surface area contributed by atoms with Crippen molar-refractivity contribution in [3.8, 4) is 11.5 Å². The molecule has 1 unspecified atom stereocenters. The maximum Gasteiger partial charge on any atom is 0.161 e. The Bertz CT molecular complexity index is 659. The summed E-state index contributed by atoms with van der Waals surface area (Å²) in [5.41, 5.74) is 1.21. The number of benzene rings is 1. The Balaban J connectivity index is 1.43. The third-order valence-electron chi connectivity index (χ3n) is 7.07. The van der Waals surface area contributed by atoms with Crippen LogP contribution in [-0.4, -0.2) is 81.2 Å². The van der Waals surface area contributed by atoms with E-state index >= 15 is 0 Å². The largest absolute Gasteiger partial charge is 0.493 e. The monoisotopic (exact) mass is 448 g/mol. The van der Waals surface area contributed by atoms with Gasteiger partial charge in [-0.2, -0.15) is 0 Å². The third-order valence-corrected chi connectivity index (χ3v) is 7.07. The second kappa shape index (κ2) is 13.4. The Morgan fingerprint density at radius 1 is 1.06 bits per heavy atom. The van der Waals surface area contributed by atoms with E-state index in [9.17, 15) is 5.11 Å². The Hall–Kier alpha value is -1.34. The number of hydrogen-bond donors (Lipinski definition) is 1. The molecule has 0 amide bonds. The molecule has 1 aliphatic heterocycles. The predicted octanol–water partition coefficient (Wildman–Crippen LogP) is 3.95. The van der Waals surface area contributed by atoms with Crippen LogP contribution in [0.4, 0.5) is 0 Å². The molecule has 32 heavy (non-hydrogen) atoms. The molecule has 0 spiro atoms. The van der Waals surface area contributed by atoms with Crippen molar-refractivity contribution in [1.29, 1.82) is 0 Å². The molecule has 2 aliphatic rings. The molecule has 1 aliphatic carbocycles. The SMILES string of the molecule is COc1cc(CN(C)CCC2CCOCC2)ccc1OCC(O)CN(C)C1CCCCC1. The lowest BCUT2D eigenvalue weighted by molar-refractivity contribution is 0.0553. The van der Waals surface area contributed by atoms with E-state index in [2.05, 4.69) is 36.0 Å². The van der Waals surface area contributed by atoms with Gasteiger partial charge in [0.05, 0.1) is 7.11 Å². The molecule has 1 aromatic rings. The molecule has 182 valence electrons. The maximum absolute atomic E-state index is 10.5. The molecule has 1 saturated carbocycles. The van der Waals surface area contributed by atoms with Crippen LogP contribution >= 0.6 is 0 Å². The van der Waals surface area contributed by atoms with Crippen LogP contribution in [0, 0.1) is 5.92 Å². The standard InChI is InChI=1S/C26H44N2O4/c1-27(14-11-21-12-15-31-16-13-21)18-22-9-10-25(26(17-22)30-3)32-20-24(29)19-28(2)23-7-5-4-6-8-23/h9-10,17,21,23-24,29H,4-8,11-16,18-20H2,1-3H3. The average molecular weight is 449 g/mol. The minimum absolute atomic E-state index is 0.276. The van der Waals surface area contributed by atoms with Crippen LogP contribution < -0.4 is 9.47 Å². The predicted molar refractivity (Wildman–Crippen MR) is 128 cm³/mol. The van der Waals surface area contributed by atoms with Crippen molar-refractivity contribution < 1.29 is 19.3 Å². The van der Waals surface area contributed by atoms with Gasteiger partial charge in [0.25, 0.3) is 0 Å². The van der Waals surface area contributed by atoms with E-state index in [0.29, 0.717) is 18.3 Å². The molecule has 0 aromatic heterocycles. The summed E-state index contributed by atoms with van der Waals surface area (Å²) in [6, 6.07) is 6.72. The number of hydrogen-bond acceptors (Lipinski definition) is 6.